The van der Waals surface area contributed by atoms with Gasteiger partial charge in [0, 0.05) is 23.7 Å². The summed E-state index contributed by atoms with van der Waals surface area (Å²) in [5.41, 5.74) is 7.64. The Labute approximate surface area is 128 Å². The second-order valence-electron chi connectivity index (χ2n) is 6.14. The lowest BCUT2D eigenvalue weighted by Gasteiger charge is -2.33. The third-order valence-corrected chi connectivity index (χ3v) is 3.94. The number of rotatable bonds is 6. The van der Waals surface area contributed by atoms with Crippen LogP contribution >= 0.6 is 0 Å². The number of pyridine rings is 1. The van der Waals surface area contributed by atoms with E-state index < -0.39 is 0 Å². The molecule has 0 amide bonds. The van der Waals surface area contributed by atoms with Crippen molar-refractivity contribution in [2.24, 2.45) is 5.92 Å². The average Bonchev–Trinajstić information content (AvgIpc) is 2.46. The van der Waals surface area contributed by atoms with Crippen LogP contribution in [0, 0.1) is 5.92 Å². The maximum Gasteiger partial charge on any atom is 0.129 e. The van der Waals surface area contributed by atoms with E-state index in [0.29, 0.717) is 12.0 Å². The van der Waals surface area contributed by atoms with Crippen LogP contribution in [0.2, 0.25) is 0 Å². The molecule has 0 spiro atoms. The molecule has 114 valence electrons. The zero-order valence-corrected chi connectivity index (χ0v) is 13.6. The van der Waals surface area contributed by atoms with Gasteiger partial charge in [-0.25, -0.2) is 4.98 Å². The van der Waals surface area contributed by atoms with Crippen LogP contribution in [0.1, 0.15) is 40.5 Å². The zero-order chi connectivity index (χ0) is 15.4. The minimum Gasteiger partial charge on any atom is -0.399 e. The highest BCUT2D eigenvalue weighted by molar-refractivity contribution is 5.83. The minimum atomic E-state index is 0.547. The molecule has 0 aliphatic heterocycles. The molecule has 0 bridgehead atoms. The summed E-state index contributed by atoms with van der Waals surface area (Å²) in [6.07, 6.45) is 2.29. The third-order valence-electron chi connectivity index (χ3n) is 3.94. The number of nitrogen functional groups attached to an aromatic ring is 1. The Kier molecular flexibility index (Phi) is 5.05. The molecule has 1 aromatic heterocycles. The molecule has 0 unspecified atom stereocenters. The molecule has 21 heavy (non-hydrogen) atoms. The zero-order valence-electron chi connectivity index (χ0n) is 13.6. The van der Waals surface area contributed by atoms with Crippen molar-refractivity contribution in [2.45, 2.75) is 46.6 Å². The van der Waals surface area contributed by atoms with Crippen LogP contribution in [-0.2, 0) is 0 Å². The summed E-state index contributed by atoms with van der Waals surface area (Å²) in [6, 6.07) is 10.7. The molecule has 2 rings (SSSR count). The molecule has 0 atom stereocenters. The first-order chi connectivity index (χ1) is 10.0. The number of nitrogens with two attached hydrogens (primary N) is 1. The quantitative estimate of drug-likeness (QED) is 0.796. The van der Waals surface area contributed by atoms with Gasteiger partial charge in [-0.15, -0.1) is 0 Å². The minimum absolute atomic E-state index is 0.547. The van der Waals surface area contributed by atoms with E-state index in [1.807, 2.05) is 18.2 Å². The van der Waals surface area contributed by atoms with Gasteiger partial charge in [0.2, 0.25) is 0 Å². The van der Waals surface area contributed by atoms with Crippen molar-refractivity contribution in [1.29, 1.82) is 0 Å². The van der Waals surface area contributed by atoms with E-state index >= 15 is 0 Å². The van der Waals surface area contributed by atoms with E-state index in [1.165, 1.54) is 0 Å². The van der Waals surface area contributed by atoms with Crippen molar-refractivity contribution in [1.82, 2.24) is 4.98 Å². The van der Waals surface area contributed by atoms with Gasteiger partial charge in [-0.3, -0.25) is 0 Å². The monoisotopic (exact) mass is 285 g/mol. The Bertz CT molecular complexity index is 588. The molecule has 2 aromatic rings. The highest BCUT2D eigenvalue weighted by Crippen LogP contribution is 2.24. The van der Waals surface area contributed by atoms with Gasteiger partial charge in [0.15, 0.2) is 0 Å². The molecule has 0 aliphatic carbocycles. The summed E-state index contributed by atoms with van der Waals surface area (Å²) in [5.74, 6) is 1.70. The van der Waals surface area contributed by atoms with Gasteiger partial charge < -0.3 is 10.6 Å². The molecule has 1 heterocycles. The normalized spacial score (nSPS) is 11.5. The Morgan fingerprint density at radius 1 is 1.10 bits per heavy atom. The van der Waals surface area contributed by atoms with Crippen LogP contribution in [0.3, 0.4) is 0 Å². The van der Waals surface area contributed by atoms with Crippen LogP contribution in [-0.4, -0.2) is 17.6 Å². The number of benzene rings is 1. The fourth-order valence-electron chi connectivity index (χ4n) is 2.85. The summed E-state index contributed by atoms with van der Waals surface area (Å²) in [7, 11) is 0. The molecule has 3 heteroatoms. The first-order valence-corrected chi connectivity index (χ1v) is 7.98. The Balaban J connectivity index is 2.41. The molecule has 1 aromatic carbocycles. The molecular weight excluding hydrogens is 258 g/mol. The first-order valence-electron chi connectivity index (χ1n) is 7.98. The van der Waals surface area contributed by atoms with Gasteiger partial charge in [-0.2, -0.15) is 0 Å². The Morgan fingerprint density at radius 3 is 2.43 bits per heavy atom. The van der Waals surface area contributed by atoms with Crippen LogP contribution in [0.4, 0.5) is 11.5 Å². The number of nitrogens with zero attached hydrogens (tertiary/aromatic N) is 2. The lowest BCUT2D eigenvalue weighted by molar-refractivity contribution is 0.504. The van der Waals surface area contributed by atoms with Gasteiger partial charge in [0.1, 0.15) is 5.82 Å². The standard InChI is InChI=1S/C18H27N3/c1-5-16(6-2)21(12-13(3)4)18-10-7-14-11-15(19)8-9-17(14)20-18/h7-11,13,16H,5-6,12,19H2,1-4H3. The lowest BCUT2D eigenvalue weighted by atomic mass is 10.1. The van der Waals surface area contributed by atoms with Crippen molar-refractivity contribution < 1.29 is 0 Å². The second-order valence-corrected chi connectivity index (χ2v) is 6.14. The van der Waals surface area contributed by atoms with E-state index in [0.717, 1.165) is 41.8 Å². The molecule has 0 aliphatic rings. The molecule has 0 saturated heterocycles. The van der Waals surface area contributed by atoms with Crippen molar-refractivity contribution in [3.63, 3.8) is 0 Å². The van der Waals surface area contributed by atoms with E-state index in [4.69, 9.17) is 10.7 Å². The largest absolute Gasteiger partial charge is 0.399 e. The summed E-state index contributed by atoms with van der Waals surface area (Å²) in [4.78, 5) is 7.32. The Morgan fingerprint density at radius 2 is 1.81 bits per heavy atom. The van der Waals surface area contributed by atoms with Crippen molar-refractivity contribution in [2.75, 3.05) is 17.2 Å². The number of hydrogen-bond donors (Lipinski definition) is 1. The number of hydrogen-bond acceptors (Lipinski definition) is 3. The van der Waals surface area contributed by atoms with Gasteiger partial charge in [-0.05, 0) is 49.1 Å². The van der Waals surface area contributed by atoms with Crippen LogP contribution in [0.5, 0.6) is 0 Å². The van der Waals surface area contributed by atoms with Gasteiger partial charge in [0.05, 0.1) is 5.52 Å². The molecule has 3 nitrogen and oxygen atoms in total. The summed E-state index contributed by atoms with van der Waals surface area (Å²) < 4.78 is 0. The predicted molar refractivity (Wildman–Crippen MR) is 92.7 cm³/mol. The van der Waals surface area contributed by atoms with E-state index in [1.54, 1.807) is 0 Å². The summed E-state index contributed by atoms with van der Waals surface area (Å²) >= 11 is 0. The SMILES string of the molecule is CCC(CC)N(CC(C)C)c1ccc2cc(N)ccc2n1. The van der Waals surface area contributed by atoms with E-state index in [-0.39, 0.29) is 0 Å². The highest BCUT2D eigenvalue weighted by Gasteiger charge is 2.18. The molecule has 2 N–H and O–H groups in total. The van der Waals surface area contributed by atoms with Crippen LogP contribution in [0.25, 0.3) is 10.9 Å². The summed E-state index contributed by atoms with van der Waals surface area (Å²) in [6.45, 7) is 10.1. The van der Waals surface area contributed by atoms with Gasteiger partial charge >= 0.3 is 0 Å². The second kappa shape index (κ2) is 6.79. The molecular formula is C18H27N3. The first kappa shape index (κ1) is 15.6. The van der Waals surface area contributed by atoms with Crippen molar-refractivity contribution >= 4 is 22.4 Å². The maximum absolute atomic E-state index is 5.84. The van der Waals surface area contributed by atoms with E-state index in [9.17, 15) is 0 Å². The molecule has 0 radical (unpaired) electrons. The topological polar surface area (TPSA) is 42.1 Å². The van der Waals surface area contributed by atoms with Gasteiger partial charge in [0.25, 0.3) is 0 Å². The van der Waals surface area contributed by atoms with Crippen molar-refractivity contribution in [3.8, 4) is 0 Å². The van der Waals surface area contributed by atoms with Gasteiger partial charge in [-0.1, -0.05) is 27.7 Å². The molecule has 0 fully saturated rings. The number of fused-ring (bicyclic) bond motifs is 1. The third kappa shape index (κ3) is 3.66. The fourth-order valence-corrected chi connectivity index (χ4v) is 2.85. The highest BCUT2D eigenvalue weighted by atomic mass is 15.2. The average molecular weight is 285 g/mol. The maximum atomic E-state index is 5.84. The predicted octanol–water partition coefficient (Wildman–Crippen LogP) is 4.47. The van der Waals surface area contributed by atoms with Crippen LogP contribution in [0.15, 0.2) is 30.3 Å². The molecule has 0 saturated carbocycles. The Hall–Kier alpha value is -1.77. The number of anilines is 2. The van der Waals surface area contributed by atoms with Crippen molar-refractivity contribution in [3.05, 3.63) is 30.3 Å². The fraction of sp³-hybridized carbons (Fsp3) is 0.500. The lowest BCUT2D eigenvalue weighted by Crippen LogP contribution is -2.37. The van der Waals surface area contributed by atoms with Crippen LogP contribution < -0.4 is 10.6 Å². The van der Waals surface area contributed by atoms with E-state index in [2.05, 4.69) is 44.7 Å². The summed E-state index contributed by atoms with van der Waals surface area (Å²) in [5, 5.41) is 1.10. The number of aromatic nitrogens is 1. The smallest absolute Gasteiger partial charge is 0.129 e.